The maximum atomic E-state index is 12.3. The van der Waals surface area contributed by atoms with Crippen LogP contribution in [0.3, 0.4) is 0 Å². The maximum absolute atomic E-state index is 12.3. The number of halogens is 3. The second-order valence-electron chi connectivity index (χ2n) is 3.66. The highest BCUT2D eigenvalue weighted by molar-refractivity contribution is 5.25. The Morgan fingerprint density at radius 2 is 2.06 bits per heavy atom. The van der Waals surface area contributed by atoms with E-state index in [2.05, 4.69) is 4.98 Å². The smallest absolute Gasteiger partial charge is 0.425 e. The van der Waals surface area contributed by atoms with Gasteiger partial charge in [0.15, 0.2) is 6.10 Å². The van der Waals surface area contributed by atoms with Gasteiger partial charge < -0.3 is 10.5 Å². The molecule has 0 fully saturated rings. The van der Waals surface area contributed by atoms with Crippen molar-refractivity contribution in [3.63, 3.8) is 0 Å². The fraction of sp³-hybridized carbons (Fsp3) is 0.545. The van der Waals surface area contributed by atoms with Crippen molar-refractivity contribution in [2.75, 3.05) is 0 Å². The number of aryl methyl sites for hydroxylation is 1. The monoisotopic (exact) mass is 248 g/mol. The second kappa shape index (κ2) is 5.35. The van der Waals surface area contributed by atoms with E-state index in [9.17, 15) is 13.2 Å². The molecule has 0 saturated heterocycles. The van der Waals surface area contributed by atoms with Gasteiger partial charge in [0, 0.05) is 18.3 Å². The van der Waals surface area contributed by atoms with Gasteiger partial charge in [0.1, 0.15) is 0 Å². The number of aromatic nitrogens is 1. The summed E-state index contributed by atoms with van der Waals surface area (Å²) in [6.45, 7) is 3.05. The first-order valence-corrected chi connectivity index (χ1v) is 5.30. The highest BCUT2D eigenvalue weighted by atomic mass is 19.4. The van der Waals surface area contributed by atoms with Crippen LogP contribution < -0.4 is 10.5 Å². The SMILES string of the molecule is CCc1cc(CN)cc(OC(C)C(F)(F)F)n1. The zero-order valence-electron chi connectivity index (χ0n) is 9.71. The van der Waals surface area contributed by atoms with E-state index in [1.54, 1.807) is 6.07 Å². The predicted octanol–water partition coefficient (Wildman–Crippen LogP) is 2.43. The Hall–Kier alpha value is -1.30. The number of alkyl halides is 3. The minimum Gasteiger partial charge on any atom is -0.465 e. The van der Waals surface area contributed by atoms with Crippen molar-refractivity contribution < 1.29 is 17.9 Å². The van der Waals surface area contributed by atoms with Gasteiger partial charge in [-0.15, -0.1) is 0 Å². The number of rotatable bonds is 4. The average Bonchev–Trinajstić information content (AvgIpc) is 2.27. The summed E-state index contributed by atoms with van der Waals surface area (Å²) in [6, 6.07) is 3.19. The van der Waals surface area contributed by atoms with Crippen LogP contribution in [0.25, 0.3) is 0 Å². The summed E-state index contributed by atoms with van der Waals surface area (Å²) in [4.78, 5) is 3.98. The third-order valence-corrected chi connectivity index (χ3v) is 2.27. The molecule has 17 heavy (non-hydrogen) atoms. The molecule has 0 aliphatic heterocycles. The van der Waals surface area contributed by atoms with E-state index in [0.29, 0.717) is 17.7 Å². The van der Waals surface area contributed by atoms with E-state index in [4.69, 9.17) is 10.5 Å². The highest BCUT2D eigenvalue weighted by Crippen LogP contribution is 2.24. The average molecular weight is 248 g/mol. The molecule has 6 heteroatoms. The lowest BCUT2D eigenvalue weighted by Crippen LogP contribution is -2.31. The molecule has 1 aromatic rings. The van der Waals surface area contributed by atoms with E-state index in [0.717, 1.165) is 6.92 Å². The van der Waals surface area contributed by atoms with Gasteiger partial charge in [-0.1, -0.05) is 6.92 Å². The third kappa shape index (κ3) is 3.89. The van der Waals surface area contributed by atoms with Crippen LogP contribution in [0.4, 0.5) is 13.2 Å². The largest absolute Gasteiger partial charge is 0.465 e. The lowest BCUT2D eigenvalue weighted by molar-refractivity contribution is -0.190. The van der Waals surface area contributed by atoms with Crippen LogP contribution in [0.1, 0.15) is 25.1 Å². The van der Waals surface area contributed by atoms with Crippen LogP contribution in [0.15, 0.2) is 12.1 Å². The molecule has 1 heterocycles. The van der Waals surface area contributed by atoms with Crippen molar-refractivity contribution in [2.24, 2.45) is 5.73 Å². The van der Waals surface area contributed by atoms with Gasteiger partial charge in [0.2, 0.25) is 5.88 Å². The number of ether oxygens (including phenoxy) is 1. The Morgan fingerprint density at radius 3 is 2.53 bits per heavy atom. The van der Waals surface area contributed by atoms with Gasteiger partial charge in [0.05, 0.1) is 0 Å². The highest BCUT2D eigenvalue weighted by Gasteiger charge is 2.38. The summed E-state index contributed by atoms with van der Waals surface area (Å²) in [5, 5.41) is 0. The first-order valence-electron chi connectivity index (χ1n) is 5.30. The summed E-state index contributed by atoms with van der Waals surface area (Å²) >= 11 is 0. The molecule has 0 aliphatic rings. The molecule has 1 atom stereocenters. The Kier molecular flexibility index (Phi) is 4.34. The molecular weight excluding hydrogens is 233 g/mol. The molecular formula is C11H15F3N2O. The van der Waals surface area contributed by atoms with Crippen LogP contribution in [-0.4, -0.2) is 17.3 Å². The van der Waals surface area contributed by atoms with Crippen molar-refractivity contribution in [2.45, 2.75) is 39.1 Å². The van der Waals surface area contributed by atoms with Crippen LogP contribution in [0.5, 0.6) is 5.88 Å². The first kappa shape index (κ1) is 13.8. The molecule has 0 spiro atoms. The third-order valence-electron chi connectivity index (χ3n) is 2.27. The summed E-state index contributed by atoms with van der Waals surface area (Å²) in [5.41, 5.74) is 6.83. The normalized spacial score (nSPS) is 13.5. The van der Waals surface area contributed by atoms with Crippen LogP contribution in [-0.2, 0) is 13.0 Å². The summed E-state index contributed by atoms with van der Waals surface area (Å²) in [7, 11) is 0. The van der Waals surface area contributed by atoms with E-state index in [-0.39, 0.29) is 12.4 Å². The van der Waals surface area contributed by atoms with Gasteiger partial charge in [-0.3, -0.25) is 0 Å². The fourth-order valence-electron chi connectivity index (χ4n) is 1.23. The number of nitrogens with two attached hydrogens (primary N) is 1. The molecule has 0 amide bonds. The second-order valence-corrected chi connectivity index (χ2v) is 3.66. The lowest BCUT2D eigenvalue weighted by atomic mass is 10.2. The van der Waals surface area contributed by atoms with Crippen LogP contribution >= 0.6 is 0 Å². The molecule has 1 aromatic heterocycles. The number of hydrogen-bond donors (Lipinski definition) is 1. The lowest BCUT2D eigenvalue weighted by Gasteiger charge is -2.17. The van der Waals surface area contributed by atoms with Crippen molar-refractivity contribution in [1.29, 1.82) is 0 Å². The van der Waals surface area contributed by atoms with Gasteiger partial charge in [0.25, 0.3) is 0 Å². The molecule has 0 aliphatic carbocycles. The van der Waals surface area contributed by atoms with E-state index in [1.165, 1.54) is 6.07 Å². The first-order chi connectivity index (χ1) is 7.86. The zero-order chi connectivity index (χ0) is 13.1. The van der Waals surface area contributed by atoms with Gasteiger partial charge in [-0.25, -0.2) is 4.98 Å². The Morgan fingerprint density at radius 1 is 1.41 bits per heavy atom. The van der Waals surface area contributed by atoms with Crippen LogP contribution in [0, 0.1) is 0 Å². The van der Waals surface area contributed by atoms with Crippen molar-refractivity contribution in [3.8, 4) is 5.88 Å². The number of hydrogen-bond acceptors (Lipinski definition) is 3. The molecule has 3 nitrogen and oxygen atoms in total. The quantitative estimate of drug-likeness (QED) is 0.890. The minimum atomic E-state index is -4.40. The molecule has 96 valence electrons. The Bertz CT molecular complexity index is 357. The number of nitrogens with zero attached hydrogens (tertiary/aromatic N) is 1. The Balaban J connectivity index is 2.90. The van der Waals surface area contributed by atoms with E-state index >= 15 is 0 Å². The standard InChI is InChI=1S/C11H15F3N2O/c1-3-9-4-8(6-15)5-10(16-9)17-7(2)11(12,13)14/h4-5,7H,3,6,15H2,1-2H3. The molecule has 0 bridgehead atoms. The molecule has 0 radical (unpaired) electrons. The maximum Gasteiger partial charge on any atom is 0.425 e. The van der Waals surface area contributed by atoms with Gasteiger partial charge in [-0.2, -0.15) is 13.2 Å². The molecule has 0 saturated carbocycles. The van der Waals surface area contributed by atoms with Crippen molar-refractivity contribution in [3.05, 3.63) is 23.4 Å². The van der Waals surface area contributed by atoms with Crippen molar-refractivity contribution >= 4 is 0 Å². The van der Waals surface area contributed by atoms with Gasteiger partial charge >= 0.3 is 6.18 Å². The topological polar surface area (TPSA) is 48.1 Å². The van der Waals surface area contributed by atoms with Gasteiger partial charge in [-0.05, 0) is 25.0 Å². The predicted molar refractivity (Wildman–Crippen MR) is 57.7 cm³/mol. The summed E-state index contributed by atoms with van der Waals surface area (Å²) in [6.07, 6.45) is -5.66. The van der Waals surface area contributed by atoms with Crippen LogP contribution in [0.2, 0.25) is 0 Å². The minimum absolute atomic E-state index is 0.0328. The van der Waals surface area contributed by atoms with E-state index in [1.807, 2.05) is 6.92 Å². The van der Waals surface area contributed by atoms with E-state index < -0.39 is 12.3 Å². The van der Waals surface area contributed by atoms with Crippen molar-refractivity contribution in [1.82, 2.24) is 4.98 Å². The summed E-state index contributed by atoms with van der Waals surface area (Å²) in [5.74, 6) is -0.0328. The molecule has 2 N–H and O–H groups in total. The number of pyridine rings is 1. The zero-order valence-corrected chi connectivity index (χ0v) is 9.71. The molecule has 1 rings (SSSR count). The Labute approximate surface area is 97.8 Å². The summed E-state index contributed by atoms with van der Waals surface area (Å²) < 4.78 is 41.7. The molecule has 1 unspecified atom stereocenters. The molecule has 0 aromatic carbocycles. The fourth-order valence-corrected chi connectivity index (χ4v) is 1.23.